The topological polar surface area (TPSA) is 24.1 Å². The molecule has 2 N–H and O–H groups in total. The molecule has 2 heteroatoms. The first kappa shape index (κ1) is 13.9. The predicted octanol–water partition coefficient (Wildman–Crippen LogP) is 3.47. The molecule has 2 nitrogen and oxygen atoms in total. The van der Waals surface area contributed by atoms with Crippen LogP contribution in [0, 0.1) is 11.8 Å². The second kappa shape index (κ2) is 6.58. The van der Waals surface area contributed by atoms with Crippen molar-refractivity contribution in [2.75, 3.05) is 6.54 Å². The number of piperidine rings is 1. The van der Waals surface area contributed by atoms with Gasteiger partial charge in [0.1, 0.15) is 0 Å². The molecule has 4 unspecified atom stereocenters. The van der Waals surface area contributed by atoms with Gasteiger partial charge in [-0.2, -0.15) is 0 Å². The van der Waals surface area contributed by atoms with Crippen molar-refractivity contribution in [1.82, 2.24) is 10.6 Å². The lowest BCUT2D eigenvalue weighted by atomic mass is 9.87. The largest absolute Gasteiger partial charge is 0.314 e. The highest BCUT2D eigenvalue weighted by atomic mass is 15.0. The molecule has 19 heavy (non-hydrogen) atoms. The van der Waals surface area contributed by atoms with Gasteiger partial charge >= 0.3 is 0 Å². The Morgan fingerprint density at radius 2 is 1.68 bits per heavy atom. The van der Waals surface area contributed by atoms with E-state index in [1.807, 2.05) is 0 Å². The lowest BCUT2D eigenvalue weighted by Crippen LogP contribution is -2.49. The summed E-state index contributed by atoms with van der Waals surface area (Å²) < 4.78 is 0. The average molecular weight is 264 g/mol. The maximum Gasteiger partial charge on any atom is 0.0113 e. The van der Waals surface area contributed by atoms with Crippen molar-refractivity contribution in [3.05, 3.63) is 0 Å². The Morgan fingerprint density at radius 3 is 2.42 bits per heavy atom. The second-order valence-electron chi connectivity index (χ2n) is 7.26. The van der Waals surface area contributed by atoms with E-state index in [1.165, 1.54) is 70.8 Å². The minimum atomic E-state index is 0.747. The van der Waals surface area contributed by atoms with Gasteiger partial charge < -0.3 is 10.6 Å². The Labute approximate surface area is 119 Å². The molecule has 3 fully saturated rings. The van der Waals surface area contributed by atoms with Crippen molar-refractivity contribution in [3.63, 3.8) is 0 Å². The normalized spacial score (nSPS) is 38.7. The number of hydrogen-bond donors (Lipinski definition) is 2. The highest BCUT2D eigenvalue weighted by Gasteiger charge is 2.35. The molecule has 0 amide bonds. The van der Waals surface area contributed by atoms with E-state index in [1.54, 1.807) is 0 Å². The molecule has 110 valence electrons. The minimum absolute atomic E-state index is 0.747. The van der Waals surface area contributed by atoms with E-state index in [0.29, 0.717) is 0 Å². The summed E-state index contributed by atoms with van der Waals surface area (Å²) in [6.07, 6.45) is 14.4. The summed E-state index contributed by atoms with van der Waals surface area (Å²) in [5.74, 6) is 1.87. The van der Waals surface area contributed by atoms with Crippen LogP contribution in [0.3, 0.4) is 0 Å². The molecule has 0 aromatic heterocycles. The first-order chi connectivity index (χ1) is 9.34. The van der Waals surface area contributed by atoms with Gasteiger partial charge in [-0.05, 0) is 63.8 Å². The van der Waals surface area contributed by atoms with Gasteiger partial charge in [0.05, 0.1) is 0 Å². The van der Waals surface area contributed by atoms with Crippen molar-refractivity contribution in [2.24, 2.45) is 11.8 Å². The molecule has 2 saturated carbocycles. The van der Waals surface area contributed by atoms with Crippen LogP contribution in [0.15, 0.2) is 0 Å². The minimum Gasteiger partial charge on any atom is -0.314 e. The van der Waals surface area contributed by atoms with Gasteiger partial charge in [0.25, 0.3) is 0 Å². The van der Waals surface area contributed by atoms with Gasteiger partial charge in [-0.25, -0.2) is 0 Å². The van der Waals surface area contributed by atoms with E-state index in [4.69, 9.17) is 0 Å². The Balaban J connectivity index is 1.53. The molecule has 4 atom stereocenters. The molecule has 0 radical (unpaired) electrons. The summed E-state index contributed by atoms with van der Waals surface area (Å²) in [5.41, 5.74) is 0. The third-order valence-corrected chi connectivity index (χ3v) is 6.02. The quantitative estimate of drug-likeness (QED) is 0.812. The highest BCUT2D eigenvalue weighted by molar-refractivity contribution is 4.94. The highest BCUT2D eigenvalue weighted by Crippen LogP contribution is 2.34. The number of hydrogen-bond acceptors (Lipinski definition) is 2. The molecule has 0 aromatic carbocycles. The van der Waals surface area contributed by atoms with Crippen LogP contribution in [-0.4, -0.2) is 24.7 Å². The number of nitrogens with one attached hydrogen (secondary N) is 2. The maximum atomic E-state index is 4.03. The van der Waals surface area contributed by atoms with E-state index >= 15 is 0 Å². The van der Waals surface area contributed by atoms with Gasteiger partial charge in [-0.3, -0.25) is 0 Å². The molecule has 0 aromatic rings. The smallest absolute Gasteiger partial charge is 0.0113 e. The van der Waals surface area contributed by atoms with Crippen molar-refractivity contribution in [2.45, 2.75) is 89.3 Å². The lowest BCUT2D eigenvalue weighted by Gasteiger charge is -2.35. The van der Waals surface area contributed by atoms with Crippen molar-refractivity contribution in [1.29, 1.82) is 0 Å². The average Bonchev–Trinajstić information content (AvgIpc) is 3.11. The zero-order valence-electron chi connectivity index (χ0n) is 12.7. The van der Waals surface area contributed by atoms with Crippen LogP contribution >= 0.6 is 0 Å². The van der Waals surface area contributed by atoms with Crippen LogP contribution in [-0.2, 0) is 0 Å². The Morgan fingerprint density at radius 1 is 0.895 bits per heavy atom. The molecule has 1 aliphatic heterocycles. The maximum absolute atomic E-state index is 4.03. The molecule has 3 aliphatic rings. The van der Waals surface area contributed by atoms with E-state index in [0.717, 1.165) is 30.0 Å². The molecule has 0 bridgehead atoms. The monoisotopic (exact) mass is 264 g/mol. The molecule has 0 spiro atoms. The molecular formula is C17H32N2. The third-order valence-electron chi connectivity index (χ3n) is 6.02. The van der Waals surface area contributed by atoms with Crippen LogP contribution in [0.4, 0.5) is 0 Å². The van der Waals surface area contributed by atoms with E-state index in [9.17, 15) is 0 Å². The fourth-order valence-corrected chi connectivity index (χ4v) is 4.85. The fourth-order valence-electron chi connectivity index (χ4n) is 4.85. The fraction of sp³-hybridized carbons (Fsp3) is 1.00. The molecule has 1 heterocycles. The summed E-state index contributed by atoms with van der Waals surface area (Å²) in [4.78, 5) is 0. The predicted molar refractivity (Wildman–Crippen MR) is 81.3 cm³/mol. The third kappa shape index (κ3) is 3.33. The van der Waals surface area contributed by atoms with E-state index in [-0.39, 0.29) is 0 Å². The summed E-state index contributed by atoms with van der Waals surface area (Å²) in [7, 11) is 0. The summed E-state index contributed by atoms with van der Waals surface area (Å²) in [6.45, 7) is 3.70. The Bertz CT molecular complexity index is 266. The van der Waals surface area contributed by atoms with Crippen molar-refractivity contribution >= 4 is 0 Å². The van der Waals surface area contributed by atoms with Crippen molar-refractivity contribution in [3.8, 4) is 0 Å². The van der Waals surface area contributed by atoms with Gasteiger partial charge in [0.2, 0.25) is 0 Å². The van der Waals surface area contributed by atoms with E-state index in [2.05, 4.69) is 17.6 Å². The number of rotatable bonds is 4. The van der Waals surface area contributed by atoms with Crippen LogP contribution in [0.5, 0.6) is 0 Å². The van der Waals surface area contributed by atoms with Crippen LogP contribution in [0.1, 0.15) is 71.1 Å². The van der Waals surface area contributed by atoms with Crippen LogP contribution in [0.2, 0.25) is 0 Å². The van der Waals surface area contributed by atoms with Crippen LogP contribution in [0.25, 0.3) is 0 Å². The van der Waals surface area contributed by atoms with Gasteiger partial charge in [-0.15, -0.1) is 0 Å². The Kier molecular flexibility index (Phi) is 4.81. The summed E-state index contributed by atoms with van der Waals surface area (Å²) in [6, 6.07) is 2.35. The first-order valence-corrected chi connectivity index (χ1v) is 8.84. The van der Waals surface area contributed by atoms with E-state index < -0.39 is 0 Å². The zero-order valence-corrected chi connectivity index (χ0v) is 12.7. The van der Waals surface area contributed by atoms with Gasteiger partial charge in [0, 0.05) is 18.1 Å². The SMILES string of the molecule is CC(NC1CCCC1C1CCCCN1)C1CCCC1. The van der Waals surface area contributed by atoms with Gasteiger partial charge in [-0.1, -0.05) is 25.7 Å². The molecule has 2 aliphatic carbocycles. The van der Waals surface area contributed by atoms with Crippen LogP contribution < -0.4 is 10.6 Å². The summed E-state index contributed by atoms with van der Waals surface area (Å²) in [5, 5.41) is 7.82. The standard InChI is InChI=1S/C17H32N2/c1-13(14-7-2-3-8-14)19-17-11-6-9-15(17)16-10-4-5-12-18-16/h13-19H,2-12H2,1H3. The van der Waals surface area contributed by atoms with Crippen molar-refractivity contribution < 1.29 is 0 Å². The first-order valence-electron chi connectivity index (χ1n) is 8.84. The molecular weight excluding hydrogens is 232 g/mol. The Hall–Kier alpha value is -0.0800. The summed E-state index contributed by atoms with van der Waals surface area (Å²) >= 11 is 0. The van der Waals surface area contributed by atoms with Gasteiger partial charge in [0.15, 0.2) is 0 Å². The lowest BCUT2D eigenvalue weighted by molar-refractivity contribution is 0.232. The molecule has 3 rings (SSSR count). The second-order valence-corrected chi connectivity index (χ2v) is 7.26. The molecule has 1 saturated heterocycles. The zero-order chi connectivity index (χ0) is 13.1.